The number of carbonyl (C=O) groups excluding carboxylic acids is 1. The fourth-order valence-electron chi connectivity index (χ4n) is 1.98. The van der Waals surface area contributed by atoms with E-state index in [1.807, 2.05) is 31.4 Å². The molecule has 7 heteroatoms. The van der Waals surface area contributed by atoms with E-state index >= 15 is 0 Å². The van der Waals surface area contributed by atoms with E-state index in [4.69, 9.17) is 4.52 Å². The van der Waals surface area contributed by atoms with Crippen LogP contribution in [0.5, 0.6) is 0 Å². The van der Waals surface area contributed by atoms with Crippen molar-refractivity contribution in [1.82, 2.24) is 15.1 Å². The van der Waals surface area contributed by atoms with E-state index in [0.29, 0.717) is 22.2 Å². The lowest BCUT2D eigenvalue weighted by molar-refractivity contribution is 0.0988. The Kier molecular flexibility index (Phi) is 4.38. The van der Waals surface area contributed by atoms with Gasteiger partial charge in [0.25, 0.3) is 5.91 Å². The number of rotatable bonds is 4. The van der Waals surface area contributed by atoms with E-state index in [9.17, 15) is 4.79 Å². The molecular weight excluding hydrogens is 312 g/mol. The first kappa shape index (κ1) is 15.2. The quantitative estimate of drug-likeness (QED) is 0.584. The highest BCUT2D eigenvalue weighted by molar-refractivity contribution is 7.98. The zero-order chi connectivity index (χ0) is 16.2. The SMILES string of the molecule is CSc1nc(C)cc(-c2cc(C(=O)Nc3ccccc3)on2)n1. The number of aromatic nitrogens is 3. The average Bonchev–Trinajstić information content (AvgIpc) is 3.05. The molecule has 2 aromatic heterocycles. The summed E-state index contributed by atoms with van der Waals surface area (Å²) in [6, 6.07) is 12.5. The van der Waals surface area contributed by atoms with E-state index in [0.717, 1.165) is 5.69 Å². The lowest BCUT2D eigenvalue weighted by atomic mass is 10.2. The van der Waals surface area contributed by atoms with Crippen LogP contribution in [-0.4, -0.2) is 27.3 Å². The number of benzene rings is 1. The standard InChI is InChI=1S/C16H14N4O2S/c1-10-8-12(19-16(17-10)23-2)13-9-14(22-20-13)15(21)18-11-6-4-3-5-7-11/h3-9H,1-2H3,(H,18,21). The second kappa shape index (κ2) is 6.62. The number of nitrogens with one attached hydrogen (secondary N) is 1. The van der Waals surface area contributed by atoms with E-state index in [1.165, 1.54) is 11.8 Å². The van der Waals surface area contributed by atoms with Crippen LogP contribution in [0.3, 0.4) is 0 Å². The number of thioether (sulfide) groups is 1. The first-order chi connectivity index (χ1) is 11.2. The average molecular weight is 326 g/mol. The molecule has 0 radical (unpaired) electrons. The Bertz CT molecular complexity index is 833. The minimum Gasteiger partial charge on any atom is -0.350 e. The van der Waals surface area contributed by atoms with E-state index in [2.05, 4.69) is 20.4 Å². The maximum absolute atomic E-state index is 12.2. The van der Waals surface area contributed by atoms with Gasteiger partial charge >= 0.3 is 0 Å². The van der Waals surface area contributed by atoms with Crippen molar-refractivity contribution in [1.29, 1.82) is 0 Å². The molecule has 3 rings (SSSR count). The highest BCUT2D eigenvalue weighted by Gasteiger charge is 2.16. The van der Waals surface area contributed by atoms with Crippen LogP contribution in [0.15, 0.2) is 52.1 Å². The van der Waals surface area contributed by atoms with Crippen molar-refractivity contribution in [2.45, 2.75) is 12.1 Å². The van der Waals surface area contributed by atoms with Gasteiger partial charge in [-0.15, -0.1) is 0 Å². The second-order valence-electron chi connectivity index (χ2n) is 4.78. The predicted octanol–water partition coefficient (Wildman–Crippen LogP) is 3.41. The number of para-hydroxylation sites is 1. The Morgan fingerprint density at radius 3 is 2.65 bits per heavy atom. The number of carbonyl (C=O) groups is 1. The predicted molar refractivity (Wildman–Crippen MR) is 88.4 cm³/mol. The maximum Gasteiger partial charge on any atom is 0.294 e. The Morgan fingerprint density at radius 2 is 1.91 bits per heavy atom. The number of nitrogens with zero attached hydrogens (tertiary/aromatic N) is 3. The van der Waals surface area contributed by atoms with Crippen LogP contribution < -0.4 is 5.32 Å². The summed E-state index contributed by atoms with van der Waals surface area (Å²) in [6.45, 7) is 1.88. The molecular formula is C16H14N4O2S. The monoisotopic (exact) mass is 326 g/mol. The Hall–Kier alpha value is -2.67. The van der Waals surface area contributed by atoms with Gasteiger partial charge in [-0.25, -0.2) is 9.97 Å². The van der Waals surface area contributed by atoms with E-state index < -0.39 is 0 Å². The molecule has 0 unspecified atom stereocenters. The third-order valence-corrected chi connectivity index (χ3v) is 3.59. The van der Waals surface area contributed by atoms with Crippen LogP contribution in [-0.2, 0) is 0 Å². The molecule has 0 aliphatic heterocycles. The van der Waals surface area contributed by atoms with Crippen LogP contribution in [0.2, 0.25) is 0 Å². The first-order valence-electron chi connectivity index (χ1n) is 6.89. The second-order valence-corrected chi connectivity index (χ2v) is 5.55. The largest absolute Gasteiger partial charge is 0.350 e. The molecule has 0 saturated carbocycles. The van der Waals surface area contributed by atoms with Gasteiger partial charge in [-0.05, 0) is 31.4 Å². The molecule has 0 spiro atoms. The fourth-order valence-corrected chi connectivity index (χ4v) is 2.41. The molecule has 1 amide bonds. The van der Waals surface area contributed by atoms with Gasteiger partial charge in [-0.3, -0.25) is 4.79 Å². The van der Waals surface area contributed by atoms with Crippen LogP contribution in [0.4, 0.5) is 5.69 Å². The summed E-state index contributed by atoms with van der Waals surface area (Å²) >= 11 is 1.45. The molecule has 1 N–H and O–H groups in total. The van der Waals surface area contributed by atoms with Crippen LogP contribution in [0.1, 0.15) is 16.2 Å². The molecule has 0 aliphatic carbocycles. The van der Waals surface area contributed by atoms with Crippen LogP contribution in [0.25, 0.3) is 11.4 Å². The number of hydrogen-bond donors (Lipinski definition) is 1. The van der Waals surface area contributed by atoms with E-state index in [-0.39, 0.29) is 11.7 Å². The Labute approximate surface area is 137 Å². The molecule has 116 valence electrons. The van der Waals surface area contributed by atoms with Gasteiger partial charge in [-0.1, -0.05) is 35.1 Å². The summed E-state index contributed by atoms with van der Waals surface area (Å²) in [5.74, 6) is -0.225. The van der Waals surface area contributed by atoms with Crippen LogP contribution >= 0.6 is 11.8 Å². The van der Waals surface area contributed by atoms with Crippen molar-refractivity contribution in [2.75, 3.05) is 11.6 Å². The molecule has 0 bridgehead atoms. The number of amides is 1. The summed E-state index contributed by atoms with van der Waals surface area (Å²) in [7, 11) is 0. The molecule has 6 nitrogen and oxygen atoms in total. The zero-order valence-electron chi connectivity index (χ0n) is 12.6. The molecule has 3 aromatic rings. The summed E-state index contributed by atoms with van der Waals surface area (Å²) in [6.07, 6.45) is 1.90. The maximum atomic E-state index is 12.2. The van der Waals surface area contributed by atoms with Crippen molar-refractivity contribution in [3.05, 3.63) is 53.9 Å². The molecule has 2 heterocycles. The molecule has 0 saturated heterocycles. The molecule has 0 fully saturated rings. The van der Waals surface area contributed by atoms with Crippen molar-refractivity contribution in [3.8, 4) is 11.4 Å². The third kappa shape index (κ3) is 3.57. The lowest BCUT2D eigenvalue weighted by Crippen LogP contribution is -2.10. The lowest BCUT2D eigenvalue weighted by Gasteiger charge is -2.01. The normalized spacial score (nSPS) is 10.5. The number of aryl methyl sites for hydroxylation is 1. The van der Waals surface area contributed by atoms with Gasteiger partial charge in [0.15, 0.2) is 5.16 Å². The van der Waals surface area contributed by atoms with Gasteiger partial charge in [0.2, 0.25) is 5.76 Å². The molecule has 1 aromatic carbocycles. The summed E-state index contributed by atoms with van der Waals surface area (Å²) in [5.41, 5.74) is 2.66. The van der Waals surface area contributed by atoms with Gasteiger partial charge in [0, 0.05) is 17.4 Å². The topological polar surface area (TPSA) is 80.9 Å². The van der Waals surface area contributed by atoms with Gasteiger partial charge < -0.3 is 9.84 Å². The Balaban J connectivity index is 1.83. The molecule has 0 aliphatic rings. The fraction of sp³-hybridized carbons (Fsp3) is 0.125. The van der Waals surface area contributed by atoms with Gasteiger partial charge in [0.05, 0.1) is 5.69 Å². The van der Waals surface area contributed by atoms with Crippen molar-refractivity contribution in [2.24, 2.45) is 0 Å². The zero-order valence-corrected chi connectivity index (χ0v) is 13.4. The molecule has 0 atom stereocenters. The molecule has 23 heavy (non-hydrogen) atoms. The van der Waals surface area contributed by atoms with E-state index in [1.54, 1.807) is 24.3 Å². The summed E-state index contributed by atoms with van der Waals surface area (Å²) in [4.78, 5) is 20.8. The Morgan fingerprint density at radius 1 is 1.13 bits per heavy atom. The number of hydrogen-bond acceptors (Lipinski definition) is 6. The first-order valence-corrected chi connectivity index (χ1v) is 8.11. The summed E-state index contributed by atoms with van der Waals surface area (Å²) in [5, 5.41) is 7.33. The third-order valence-electron chi connectivity index (χ3n) is 3.04. The minimum atomic E-state index is -0.356. The smallest absolute Gasteiger partial charge is 0.294 e. The minimum absolute atomic E-state index is 0.130. The van der Waals surface area contributed by atoms with Gasteiger partial charge in [0.1, 0.15) is 5.69 Å². The van der Waals surface area contributed by atoms with Crippen molar-refractivity contribution >= 4 is 23.4 Å². The van der Waals surface area contributed by atoms with Crippen molar-refractivity contribution in [3.63, 3.8) is 0 Å². The number of anilines is 1. The van der Waals surface area contributed by atoms with Crippen molar-refractivity contribution < 1.29 is 9.32 Å². The highest BCUT2D eigenvalue weighted by atomic mass is 32.2. The highest BCUT2D eigenvalue weighted by Crippen LogP contribution is 2.21. The summed E-state index contributed by atoms with van der Waals surface area (Å²) < 4.78 is 5.14. The van der Waals surface area contributed by atoms with Gasteiger partial charge in [-0.2, -0.15) is 0 Å². The van der Waals surface area contributed by atoms with Crippen LogP contribution in [0, 0.1) is 6.92 Å².